The van der Waals surface area contributed by atoms with Crippen molar-refractivity contribution in [3.63, 3.8) is 0 Å². The first kappa shape index (κ1) is 15.5. The van der Waals surface area contributed by atoms with Crippen LogP contribution in [0.5, 0.6) is 0 Å². The first-order chi connectivity index (χ1) is 10.5. The molecule has 2 unspecified atom stereocenters. The van der Waals surface area contributed by atoms with Crippen LogP contribution in [0, 0.1) is 16.7 Å². The Labute approximate surface area is 131 Å². The molecule has 1 aromatic carbocycles. The minimum absolute atomic E-state index is 0.0312. The number of nitriles is 1. The molecule has 2 fully saturated rings. The molecule has 1 aromatic rings. The molecule has 3 rings (SSSR count). The molecule has 22 heavy (non-hydrogen) atoms. The third-order valence-electron chi connectivity index (χ3n) is 4.87. The molecule has 2 aliphatic rings. The number of nitrogens with one attached hydrogen (secondary N) is 2. The Morgan fingerprint density at radius 2 is 2.09 bits per heavy atom. The average Bonchev–Trinajstić information content (AvgIpc) is 3.10. The molecule has 0 aromatic heterocycles. The highest BCUT2D eigenvalue weighted by Crippen LogP contribution is 2.43. The summed E-state index contributed by atoms with van der Waals surface area (Å²) in [5, 5.41) is 12.0. The van der Waals surface area contributed by atoms with E-state index in [1.54, 1.807) is 24.3 Å². The van der Waals surface area contributed by atoms with Crippen LogP contribution in [0.1, 0.15) is 31.2 Å². The number of sulfonamides is 1. The maximum absolute atomic E-state index is 12.5. The van der Waals surface area contributed by atoms with E-state index in [2.05, 4.69) is 16.1 Å². The van der Waals surface area contributed by atoms with E-state index in [9.17, 15) is 8.42 Å². The fourth-order valence-electron chi connectivity index (χ4n) is 3.66. The van der Waals surface area contributed by atoms with Gasteiger partial charge < -0.3 is 5.32 Å². The van der Waals surface area contributed by atoms with Crippen molar-refractivity contribution in [1.82, 2.24) is 10.0 Å². The number of hydrogen-bond donors (Lipinski definition) is 2. The summed E-state index contributed by atoms with van der Waals surface area (Å²) < 4.78 is 27.8. The third-order valence-corrected chi connectivity index (χ3v) is 6.41. The Kier molecular flexibility index (Phi) is 4.22. The first-order valence-electron chi connectivity index (χ1n) is 7.72. The number of nitrogens with zero attached hydrogens (tertiary/aromatic N) is 1. The minimum Gasteiger partial charge on any atom is -0.316 e. The second kappa shape index (κ2) is 5.99. The minimum atomic E-state index is -3.47. The normalized spacial score (nSPS) is 28.0. The lowest BCUT2D eigenvalue weighted by molar-refractivity contribution is 0.329. The number of hydrogen-bond acceptors (Lipinski definition) is 4. The van der Waals surface area contributed by atoms with Gasteiger partial charge in [0.1, 0.15) is 0 Å². The summed E-state index contributed by atoms with van der Waals surface area (Å²) in [7, 11) is -3.47. The zero-order valence-corrected chi connectivity index (χ0v) is 13.3. The summed E-state index contributed by atoms with van der Waals surface area (Å²) in [4.78, 5) is 0.277. The van der Waals surface area contributed by atoms with Gasteiger partial charge >= 0.3 is 0 Å². The highest BCUT2D eigenvalue weighted by atomic mass is 32.2. The van der Waals surface area contributed by atoms with Gasteiger partial charge in [0.25, 0.3) is 0 Å². The predicted octanol–water partition coefficient (Wildman–Crippen LogP) is 1.56. The molecule has 0 radical (unpaired) electrons. The lowest BCUT2D eigenvalue weighted by Crippen LogP contribution is -2.34. The first-order valence-corrected chi connectivity index (χ1v) is 9.20. The van der Waals surface area contributed by atoms with Gasteiger partial charge in [0.15, 0.2) is 0 Å². The van der Waals surface area contributed by atoms with E-state index in [4.69, 9.17) is 5.26 Å². The maximum atomic E-state index is 12.5. The molecular weight excluding hydrogens is 298 g/mol. The summed E-state index contributed by atoms with van der Waals surface area (Å²) in [5.41, 5.74) is 1.13. The fourth-order valence-corrected chi connectivity index (χ4v) is 4.93. The van der Waals surface area contributed by atoms with Crippen LogP contribution in [0.4, 0.5) is 0 Å². The summed E-state index contributed by atoms with van der Waals surface area (Å²) >= 11 is 0. The van der Waals surface area contributed by atoms with Crippen LogP contribution in [-0.4, -0.2) is 27.5 Å². The van der Waals surface area contributed by atoms with Crippen LogP contribution in [-0.2, 0) is 16.4 Å². The van der Waals surface area contributed by atoms with Crippen LogP contribution >= 0.6 is 0 Å². The number of benzene rings is 1. The quantitative estimate of drug-likeness (QED) is 0.882. The standard InChI is InChI=1S/C16H21N3O2S/c17-9-6-13-1-3-15(4-2-13)22(20,21)19-14-5-7-16(11-14)8-10-18-12-16/h1-4,14,18-19H,5-8,10-12H2. The van der Waals surface area contributed by atoms with Gasteiger partial charge in [-0.1, -0.05) is 12.1 Å². The number of rotatable bonds is 4. The molecule has 5 nitrogen and oxygen atoms in total. The van der Waals surface area contributed by atoms with Crippen molar-refractivity contribution in [1.29, 1.82) is 5.26 Å². The van der Waals surface area contributed by atoms with E-state index in [1.807, 2.05) is 0 Å². The van der Waals surface area contributed by atoms with Crippen LogP contribution in [0.15, 0.2) is 29.2 Å². The molecule has 1 spiro atoms. The van der Waals surface area contributed by atoms with Gasteiger partial charge in [0.2, 0.25) is 10.0 Å². The predicted molar refractivity (Wildman–Crippen MR) is 83.6 cm³/mol. The Hall–Kier alpha value is -1.42. The van der Waals surface area contributed by atoms with Crippen molar-refractivity contribution in [2.45, 2.75) is 43.0 Å². The van der Waals surface area contributed by atoms with E-state index < -0.39 is 10.0 Å². The van der Waals surface area contributed by atoms with Crippen molar-refractivity contribution >= 4 is 10.0 Å². The highest BCUT2D eigenvalue weighted by Gasteiger charge is 2.42. The zero-order valence-electron chi connectivity index (χ0n) is 12.5. The monoisotopic (exact) mass is 319 g/mol. The summed E-state index contributed by atoms with van der Waals surface area (Å²) in [6.45, 7) is 2.05. The topological polar surface area (TPSA) is 82.0 Å². The molecule has 1 aliphatic carbocycles. The molecule has 1 saturated carbocycles. The molecule has 2 atom stereocenters. The van der Waals surface area contributed by atoms with Crippen LogP contribution in [0.3, 0.4) is 0 Å². The van der Waals surface area contributed by atoms with Crippen LogP contribution in [0.2, 0.25) is 0 Å². The molecule has 0 amide bonds. The molecule has 0 bridgehead atoms. The second-order valence-electron chi connectivity index (χ2n) is 6.47. The van der Waals surface area contributed by atoms with Gasteiger partial charge in [0.05, 0.1) is 17.4 Å². The molecule has 1 aliphatic heterocycles. The van der Waals surface area contributed by atoms with Crippen molar-refractivity contribution < 1.29 is 8.42 Å². The van der Waals surface area contributed by atoms with Gasteiger partial charge in [-0.15, -0.1) is 0 Å². The summed E-state index contributed by atoms with van der Waals surface area (Å²) in [6.07, 6.45) is 4.37. The van der Waals surface area contributed by atoms with E-state index in [-0.39, 0.29) is 10.9 Å². The smallest absolute Gasteiger partial charge is 0.240 e. The van der Waals surface area contributed by atoms with E-state index >= 15 is 0 Å². The van der Waals surface area contributed by atoms with Gasteiger partial charge in [0, 0.05) is 12.6 Å². The van der Waals surface area contributed by atoms with Gasteiger partial charge in [-0.05, 0) is 55.3 Å². The van der Waals surface area contributed by atoms with E-state index in [1.165, 1.54) is 0 Å². The van der Waals surface area contributed by atoms with E-state index in [0.717, 1.165) is 44.3 Å². The third kappa shape index (κ3) is 3.17. The van der Waals surface area contributed by atoms with Crippen molar-refractivity contribution in [3.05, 3.63) is 29.8 Å². The van der Waals surface area contributed by atoms with Crippen molar-refractivity contribution in [3.8, 4) is 6.07 Å². The van der Waals surface area contributed by atoms with E-state index in [0.29, 0.717) is 11.8 Å². The lowest BCUT2D eigenvalue weighted by atomic mass is 9.85. The molecule has 118 valence electrons. The Balaban J connectivity index is 1.67. The molecule has 1 saturated heterocycles. The second-order valence-corrected chi connectivity index (χ2v) is 8.18. The molecule has 6 heteroatoms. The van der Waals surface area contributed by atoms with Gasteiger partial charge in [-0.3, -0.25) is 0 Å². The molecular formula is C16H21N3O2S. The average molecular weight is 319 g/mol. The summed E-state index contributed by atoms with van der Waals surface area (Å²) in [5.74, 6) is 0. The van der Waals surface area contributed by atoms with Gasteiger partial charge in [-0.25, -0.2) is 13.1 Å². The van der Waals surface area contributed by atoms with Crippen LogP contribution < -0.4 is 10.0 Å². The molecule has 2 N–H and O–H groups in total. The Morgan fingerprint density at radius 1 is 1.32 bits per heavy atom. The van der Waals surface area contributed by atoms with Gasteiger partial charge in [-0.2, -0.15) is 5.26 Å². The largest absolute Gasteiger partial charge is 0.316 e. The van der Waals surface area contributed by atoms with Crippen molar-refractivity contribution in [2.75, 3.05) is 13.1 Å². The highest BCUT2D eigenvalue weighted by molar-refractivity contribution is 7.89. The SMILES string of the molecule is N#CCc1ccc(S(=O)(=O)NC2CCC3(CCNC3)C2)cc1. The lowest BCUT2D eigenvalue weighted by Gasteiger charge is -2.22. The fraction of sp³-hybridized carbons (Fsp3) is 0.562. The Morgan fingerprint density at radius 3 is 2.73 bits per heavy atom. The summed E-state index contributed by atoms with van der Waals surface area (Å²) in [6, 6.07) is 8.66. The van der Waals surface area contributed by atoms with Crippen molar-refractivity contribution in [2.24, 2.45) is 5.41 Å². The maximum Gasteiger partial charge on any atom is 0.240 e. The molecule has 1 heterocycles. The van der Waals surface area contributed by atoms with Crippen LogP contribution in [0.25, 0.3) is 0 Å². The zero-order chi connectivity index (χ0) is 15.6. The Bertz CT molecular complexity index is 670.